The lowest BCUT2D eigenvalue weighted by atomic mass is 10.1. The highest BCUT2D eigenvalue weighted by atomic mass is 32.1. The minimum atomic E-state index is -0.564. The lowest BCUT2D eigenvalue weighted by Crippen LogP contribution is -2.50. The average molecular weight is 478 g/mol. The predicted octanol–water partition coefficient (Wildman–Crippen LogP) is 2.48. The minimum Gasteiger partial charge on any atom is -0.452 e. The van der Waals surface area contributed by atoms with Crippen LogP contribution in [0, 0.1) is 0 Å². The van der Waals surface area contributed by atoms with Crippen molar-refractivity contribution in [2.45, 2.75) is 13.5 Å². The number of thiophene rings is 1. The quantitative estimate of drug-likeness (QED) is 0.390. The van der Waals surface area contributed by atoms with Gasteiger partial charge in [0, 0.05) is 45.1 Å². The van der Waals surface area contributed by atoms with Crippen LogP contribution < -0.4 is 4.90 Å². The van der Waals surface area contributed by atoms with Crippen molar-refractivity contribution in [3.8, 4) is 10.6 Å². The standard InChI is InChI=1S/C23H23N7O3S/c1-2-30-21-17(14-26-30)16(13-18(27-21)19-5-3-12-34-19)22(32)33-15-20(31)28-8-10-29(11-9-28)23-24-6-4-7-25-23/h3-7,12-14H,2,8-11,15H2,1H3. The summed E-state index contributed by atoms with van der Waals surface area (Å²) in [4.78, 5) is 43.6. The van der Waals surface area contributed by atoms with Gasteiger partial charge < -0.3 is 14.5 Å². The zero-order valence-electron chi connectivity index (χ0n) is 18.6. The molecule has 4 aromatic rings. The Morgan fingerprint density at radius 2 is 1.91 bits per heavy atom. The number of ether oxygens (including phenoxy) is 1. The van der Waals surface area contributed by atoms with Gasteiger partial charge in [-0.25, -0.2) is 24.4 Å². The van der Waals surface area contributed by atoms with Crippen LogP contribution in [0.25, 0.3) is 21.6 Å². The summed E-state index contributed by atoms with van der Waals surface area (Å²) < 4.78 is 7.19. The summed E-state index contributed by atoms with van der Waals surface area (Å²) >= 11 is 1.54. The SMILES string of the molecule is CCn1ncc2c(C(=O)OCC(=O)N3CCN(c4ncccn4)CC3)cc(-c3cccs3)nc21. The molecule has 34 heavy (non-hydrogen) atoms. The summed E-state index contributed by atoms with van der Waals surface area (Å²) in [6.45, 7) is 4.54. The number of carbonyl (C=O) groups excluding carboxylic acids is 2. The van der Waals surface area contributed by atoms with Crippen LogP contribution in [0.2, 0.25) is 0 Å². The molecule has 0 unspecified atom stereocenters. The molecule has 1 aliphatic rings. The number of carbonyl (C=O) groups is 2. The van der Waals surface area contributed by atoms with Crippen molar-refractivity contribution < 1.29 is 14.3 Å². The third-order valence-electron chi connectivity index (χ3n) is 5.70. The van der Waals surface area contributed by atoms with E-state index in [1.165, 1.54) is 11.3 Å². The lowest BCUT2D eigenvalue weighted by Gasteiger charge is -2.34. The van der Waals surface area contributed by atoms with Gasteiger partial charge in [-0.3, -0.25) is 4.79 Å². The summed E-state index contributed by atoms with van der Waals surface area (Å²) in [7, 11) is 0. The molecule has 0 aliphatic carbocycles. The van der Waals surface area contributed by atoms with E-state index in [2.05, 4.69) is 15.1 Å². The molecule has 174 valence electrons. The van der Waals surface area contributed by atoms with E-state index in [0.717, 1.165) is 4.88 Å². The van der Waals surface area contributed by atoms with E-state index in [4.69, 9.17) is 9.72 Å². The van der Waals surface area contributed by atoms with E-state index >= 15 is 0 Å². The first-order chi connectivity index (χ1) is 16.6. The van der Waals surface area contributed by atoms with Gasteiger partial charge in [-0.2, -0.15) is 5.10 Å². The zero-order chi connectivity index (χ0) is 23.5. The Balaban J connectivity index is 1.27. The van der Waals surface area contributed by atoms with Crippen LogP contribution in [0.1, 0.15) is 17.3 Å². The Labute approximate surface area is 199 Å². The van der Waals surface area contributed by atoms with Crippen molar-refractivity contribution in [3.05, 3.63) is 53.8 Å². The van der Waals surface area contributed by atoms with E-state index in [-0.39, 0.29) is 12.5 Å². The molecule has 0 saturated carbocycles. The summed E-state index contributed by atoms with van der Waals surface area (Å²) in [5, 5.41) is 6.90. The van der Waals surface area contributed by atoms with Crippen LogP contribution in [-0.2, 0) is 16.1 Å². The molecule has 4 aromatic heterocycles. The lowest BCUT2D eigenvalue weighted by molar-refractivity contribution is -0.134. The number of fused-ring (bicyclic) bond motifs is 1. The van der Waals surface area contributed by atoms with Crippen LogP contribution in [0.4, 0.5) is 5.95 Å². The van der Waals surface area contributed by atoms with Crippen molar-refractivity contribution in [2.24, 2.45) is 0 Å². The maximum atomic E-state index is 13.0. The van der Waals surface area contributed by atoms with E-state index < -0.39 is 5.97 Å². The van der Waals surface area contributed by atoms with E-state index in [0.29, 0.717) is 61.0 Å². The van der Waals surface area contributed by atoms with Crippen molar-refractivity contribution in [1.29, 1.82) is 0 Å². The Bertz CT molecular complexity index is 1300. The van der Waals surface area contributed by atoms with E-state index in [1.54, 1.807) is 40.3 Å². The number of amides is 1. The first-order valence-electron chi connectivity index (χ1n) is 11.0. The molecular weight excluding hydrogens is 454 g/mol. The highest BCUT2D eigenvalue weighted by molar-refractivity contribution is 7.13. The molecule has 1 aliphatic heterocycles. The van der Waals surface area contributed by atoms with Crippen LogP contribution in [-0.4, -0.2) is 74.3 Å². The van der Waals surface area contributed by atoms with Crippen molar-refractivity contribution in [3.63, 3.8) is 0 Å². The Morgan fingerprint density at radius 3 is 2.62 bits per heavy atom. The zero-order valence-corrected chi connectivity index (χ0v) is 19.4. The second-order valence-corrected chi connectivity index (χ2v) is 8.67. The van der Waals surface area contributed by atoms with Gasteiger partial charge in [-0.05, 0) is 30.5 Å². The summed E-state index contributed by atoms with van der Waals surface area (Å²) in [5.74, 6) is -0.141. The Kier molecular flexibility index (Phi) is 6.17. The van der Waals surface area contributed by atoms with E-state index in [1.807, 2.05) is 29.3 Å². The third kappa shape index (κ3) is 4.34. The molecule has 1 amide bonds. The van der Waals surface area contributed by atoms with Crippen molar-refractivity contribution in [1.82, 2.24) is 29.6 Å². The molecule has 0 radical (unpaired) electrons. The van der Waals surface area contributed by atoms with Gasteiger partial charge in [0.05, 0.1) is 27.7 Å². The number of aryl methyl sites for hydroxylation is 1. The van der Waals surface area contributed by atoms with Crippen molar-refractivity contribution in [2.75, 3.05) is 37.7 Å². The topological polar surface area (TPSA) is 106 Å². The normalized spacial score (nSPS) is 13.9. The number of pyridine rings is 1. The molecule has 10 nitrogen and oxygen atoms in total. The summed E-state index contributed by atoms with van der Waals surface area (Å²) in [6.07, 6.45) is 5.01. The van der Waals surface area contributed by atoms with Gasteiger partial charge in [0.15, 0.2) is 12.3 Å². The average Bonchev–Trinajstić information content (AvgIpc) is 3.57. The smallest absolute Gasteiger partial charge is 0.339 e. The minimum absolute atomic E-state index is 0.227. The molecule has 5 rings (SSSR count). The highest BCUT2D eigenvalue weighted by Crippen LogP contribution is 2.28. The van der Waals surface area contributed by atoms with Gasteiger partial charge in [0.1, 0.15) is 0 Å². The number of rotatable bonds is 6. The third-order valence-corrected chi connectivity index (χ3v) is 6.59. The first kappa shape index (κ1) is 22.0. The molecule has 1 fully saturated rings. The van der Waals surface area contributed by atoms with E-state index in [9.17, 15) is 9.59 Å². The van der Waals surface area contributed by atoms with Gasteiger partial charge in [-0.1, -0.05) is 6.07 Å². The molecule has 5 heterocycles. The molecule has 0 spiro atoms. The monoisotopic (exact) mass is 477 g/mol. The maximum Gasteiger partial charge on any atom is 0.339 e. The van der Waals surface area contributed by atoms with Gasteiger partial charge >= 0.3 is 5.97 Å². The number of hydrogen-bond acceptors (Lipinski definition) is 9. The van der Waals surface area contributed by atoms with Gasteiger partial charge in [0.2, 0.25) is 5.95 Å². The van der Waals surface area contributed by atoms with Crippen LogP contribution in [0.15, 0.2) is 48.2 Å². The number of hydrogen-bond donors (Lipinski definition) is 0. The molecule has 11 heteroatoms. The number of esters is 1. The largest absolute Gasteiger partial charge is 0.452 e. The van der Waals surface area contributed by atoms with Crippen molar-refractivity contribution >= 4 is 40.2 Å². The Hall–Kier alpha value is -3.86. The van der Waals surface area contributed by atoms with Crippen LogP contribution >= 0.6 is 11.3 Å². The fraction of sp³-hybridized carbons (Fsp3) is 0.304. The predicted molar refractivity (Wildman–Crippen MR) is 128 cm³/mol. The fourth-order valence-corrected chi connectivity index (χ4v) is 4.59. The second kappa shape index (κ2) is 9.56. The van der Waals surface area contributed by atoms with Gasteiger partial charge in [-0.15, -0.1) is 11.3 Å². The Morgan fingerprint density at radius 1 is 1.12 bits per heavy atom. The number of nitrogens with zero attached hydrogens (tertiary/aromatic N) is 7. The van der Waals surface area contributed by atoms with Crippen LogP contribution in [0.5, 0.6) is 0 Å². The van der Waals surface area contributed by atoms with Gasteiger partial charge in [0.25, 0.3) is 5.91 Å². The molecule has 1 saturated heterocycles. The second-order valence-electron chi connectivity index (χ2n) is 7.72. The molecular formula is C23H23N7O3S. The summed E-state index contributed by atoms with van der Waals surface area (Å²) in [6, 6.07) is 7.36. The summed E-state index contributed by atoms with van der Waals surface area (Å²) in [5.41, 5.74) is 1.65. The van der Waals surface area contributed by atoms with Crippen LogP contribution in [0.3, 0.4) is 0 Å². The number of piperazine rings is 1. The molecule has 0 N–H and O–H groups in total. The first-order valence-corrected chi connectivity index (χ1v) is 11.9. The molecule has 0 atom stereocenters. The highest BCUT2D eigenvalue weighted by Gasteiger charge is 2.24. The fourth-order valence-electron chi connectivity index (χ4n) is 3.91. The molecule has 0 aromatic carbocycles. The maximum absolute atomic E-state index is 13.0. The number of anilines is 1. The number of aromatic nitrogens is 5. The molecule has 0 bridgehead atoms.